The molecule has 2 aliphatic rings. The maximum atomic E-state index is 9.90. The summed E-state index contributed by atoms with van der Waals surface area (Å²) >= 11 is 0. The van der Waals surface area contributed by atoms with E-state index in [1.807, 2.05) is 30.3 Å². The van der Waals surface area contributed by atoms with Crippen molar-refractivity contribution >= 4 is 7.12 Å². The maximum Gasteiger partial charge on any atom is 0.454 e. The average Bonchev–Trinajstić information content (AvgIpc) is 3.39. The zero-order chi connectivity index (χ0) is 19.5. The quantitative estimate of drug-likeness (QED) is 0.801. The zero-order valence-corrected chi connectivity index (χ0v) is 15.9. The second kappa shape index (κ2) is 8.21. The van der Waals surface area contributed by atoms with Gasteiger partial charge in [-0.15, -0.1) is 0 Å². The summed E-state index contributed by atoms with van der Waals surface area (Å²) in [7, 11) is 0.847. The number of ether oxygens (including phenoxy) is 2. The maximum absolute atomic E-state index is 9.90. The van der Waals surface area contributed by atoms with Gasteiger partial charge in [0.15, 0.2) is 11.5 Å². The summed E-state index contributed by atoms with van der Waals surface area (Å²) in [5.41, 5.74) is 2.72. The van der Waals surface area contributed by atoms with Crippen LogP contribution in [0.4, 0.5) is 0 Å². The first kappa shape index (κ1) is 18.8. The Balaban J connectivity index is 1.72. The highest BCUT2D eigenvalue weighted by Gasteiger charge is 2.31. The van der Waals surface area contributed by atoms with Crippen molar-refractivity contribution in [3.63, 3.8) is 0 Å². The third-order valence-electron chi connectivity index (χ3n) is 5.48. The van der Waals surface area contributed by atoms with Crippen molar-refractivity contribution in [1.82, 2.24) is 4.98 Å². The smallest absolute Gasteiger partial charge is 0.454 e. The molecule has 4 rings (SSSR count). The van der Waals surface area contributed by atoms with E-state index in [2.05, 4.69) is 6.07 Å². The molecule has 0 bridgehead atoms. The Hall–Kier alpha value is -2.56. The third-order valence-corrected chi connectivity index (χ3v) is 5.48. The second-order valence-corrected chi connectivity index (χ2v) is 7.32. The van der Waals surface area contributed by atoms with E-state index >= 15 is 0 Å². The fourth-order valence-corrected chi connectivity index (χ4v) is 3.98. The summed E-state index contributed by atoms with van der Waals surface area (Å²) in [6.45, 7) is 0.446. The van der Waals surface area contributed by atoms with E-state index in [1.165, 1.54) is 0 Å². The first-order valence-electron chi connectivity index (χ1n) is 9.74. The molecule has 28 heavy (non-hydrogen) atoms. The minimum atomic E-state index is -0.738. The monoisotopic (exact) mass is 378 g/mol. The summed E-state index contributed by atoms with van der Waals surface area (Å²) < 4.78 is 16.9. The van der Waals surface area contributed by atoms with Crippen molar-refractivity contribution < 1.29 is 19.2 Å². The lowest BCUT2D eigenvalue weighted by Crippen LogP contribution is -2.13. The van der Waals surface area contributed by atoms with Crippen LogP contribution in [0.15, 0.2) is 30.3 Å². The largest absolute Gasteiger partial charge is 0.493 e. The molecule has 1 aliphatic heterocycles. The fraction of sp³-hybridized carbons (Fsp3) is 0.429. The van der Waals surface area contributed by atoms with Crippen molar-refractivity contribution in [3.8, 4) is 28.8 Å². The van der Waals surface area contributed by atoms with Crippen molar-refractivity contribution in [3.05, 3.63) is 41.6 Å². The van der Waals surface area contributed by atoms with Gasteiger partial charge in [-0.05, 0) is 56.3 Å². The molecule has 1 N–H and O–H groups in total. The predicted molar refractivity (Wildman–Crippen MR) is 105 cm³/mol. The summed E-state index contributed by atoms with van der Waals surface area (Å²) in [4.78, 5) is 4.76. The van der Waals surface area contributed by atoms with Gasteiger partial charge in [-0.2, -0.15) is 5.26 Å². The molecule has 2 aromatic rings. The third kappa shape index (κ3) is 3.71. The van der Waals surface area contributed by atoms with Crippen LogP contribution < -0.4 is 9.47 Å². The van der Waals surface area contributed by atoms with E-state index in [9.17, 15) is 10.3 Å². The van der Waals surface area contributed by atoms with E-state index in [0.717, 1.165) is 36.9 Å². The zero-order valence-electron chi connectivity index (χ0n) is 15.9. The molecular formula is C21H23BN2O4. The molecular weight excluding hydrogens is 355 g/mol. The molecule has 1 saturated carbocycles. The predicted octanol–water partition coefficient (Wildman–Crippen LogP) is 3.54. The average molecular weight is 378 g/mol. The number of rotatable bonds is 5. The van der Waals surface area contributed by atoms with Crippen LogP contribution in [0.3, 0.4) is 0 Å². The van der Waals surface area contributed by atoms with Crippen LogP contribution in [-0.4, -0.2) is 36.9 Å². The highest BCUT2D eigenvalue weighted by atomic mass is 16.5. The van der Waals surface area contributed by atoms with Crippen LogP contribution in [0, 0.1) is 11.3 Å². The Bertz CT molecular complexity index is 892. The van der Waals surface area contributed by atoms with E-state index in [-0.39, 0.29) is 12.0 Å². The van der Waals surface area contributed by atoms with Gasteiger partial charge in [0.1, 0.15) is 11.6 Å². The van der Waals surface area contributed by atoms with Crippen LogP contribution in [0.25, 0.3) is 11.3 Å². The van der Waals surface area contributed by atoms with Crippen LogP contribution in [0.5, 0.6) is 11.5 Å². The van der Waals surface area contributed by atoms with Gasteiger partial charge in [-0.1, -0.05) is 6.07 Å². The number of pyridine rings is 1. The van der Waals surface area contributed by atoms with Gasteiger partial charge in [-0.25, -0.2) is 0 Å². The fourth-order valence-electron chi connectivity index (χ4n) is 3.98. The van der Waals surface area contributed by atoms with Crippen molar-refractivity contribution in [2.75, 3.05) is 13.7 Å². The Labute approximate surface area is 165 Å². The van der Waals surface area contributed by atoms with Crippen LogP contribution >= 0.6 is 0 Å². The highest BCUT2D eigenvalue weighted by molar-refractivity contribution is 6.43. The van der Waals surface area contributed by atoms with Crippen molar-refractivity contribution in [2.24, 2.45) is 0 Å². The molecule has 0 unspecified atom stereocenters. The molecule has 1 aliphatic carbocycles. The number of hydrogen-bond donors (Lipinski definition) is 1. The molecule has 0 amide bonds. The molecule has 1 aromatic carbocycles. The molecule has 2 fully saturated rings. The Morgan fingerprint density at radius 1 is 1.25 bits per heavy atom. The number of benzene rings is 1. The molecule has 1 saturated heterocycles. The molecule has 2 heterocycles. The van der Waals surface area contributed by atoms with Gasteiger partial charge in [0.25, 0.3) is 0 Å². The normalized spacial score (nSPS) is 19.6. The number of nitriles is 1. The van der Waals surface area contributed by atoms with E-state index < -0.39 is 7.12 Å². The minimum absolute atomic E-state index is 0.0490. The Morgan fingerprint density at radius 2 is 2.07 bits per heavy atom. The van der Waals surface area contributed by atoms with Crippen molar-refractivity contribution in [1.29, 1.82) is 5.26 Å². The summed E-state index contributed by atoms with van der Waals surface area (Å²) in [5.74, 6) is 1.12. The van der Waals surface area contributed by atoms with Gasteiger partial charge in [-0.3, -0.25) is 4.98 Å². The number of nitrogens with zero attached hydrogens (tertiary/aromatic N) is 2. The lowest BCUT2D eigenvalue weighted by molar-refractivity contribution is 0.200. The Kier molecular flexibility index (Phi) is 5.51. The molecule has 6 nitrogen and oxygen atoms in total. The van der Waals surface area contributed by atoms with Crippen molar-refractivity contribution in [2.45, 2.75) is 44.0 Å². The summed E-state index contributed by atoms with van der Waals surface area (Å²) in [6.07, 6.45) is 4.93. The molecule has 7 heteroatoms. The van der Waals surface area contributed by atoms with Gasteiger partial charge in [0, 0.05) is 23.8 Å². The Morgan fingerprint density at radius 3 is 2.75 bits per heavy atom. The van der Waals surface area contributed by atoms with Crippen LogP contribution in [0.2, 0.25) is 6.32 Å². The summed E-state index contributed by atoms with van der Waals surface area (Å²) in [6, 6.07) is 11.7. The molecule has 1 atom stereocenters. The number of aromatic nitrogens is 1. The first-order chi connectivity index (χ1) is 13.7. The topological polar surface area (TPSA) is 84.6 Å². The standard InChI is InChI=1S/C21H23BN2O4/c1-26-20-10-9-16(17(12-23)21(20)28-15-5-2-3-6-15)19-8-4-7-18(24-19)14-11-22(25)27-13-14/h4,7-10,14-15,25H,2-3,5-6,11,13H2,1H3/t14-/m1/s1. The molecule has 1 aromatic heterocycles. The second-order valence-electron chi connectivity index (χ2n) is 7.32. The number of hydrogen-bond acceptors (Lipinski definition) is 6. The SMILES string of the molecule is COc1ccc(-c2cccc([C@H]3COB(O)C3)n2)c(C#N)c1OC1CCCC1. The van der Waals surface area contributed by atoms with Crippen LogP contribution in [0.1, 0.15) is 42.9 Å². The van der Waals surface area contributed by atoms with E-state index in [0.29, 0.717) is 35.7 Å². The minimum Gasteiger partial charge on any atom is -0.493 e. The number of methoxy groups -OCH3 is 1. The first-order valence-corrected chi connectivity index (χ1v) is 9.74. The van der Waals surface area contributed by atoms with Gasteiger partial charge < -0.3 is 19.2 Å². The molecule has 0 radical (unpaired) electrons. The molecule has 144 valence electrons. The van der Waals surface area contributed by atoms with Gasteiger partial charge >= 0.3 is 7.12 Å². The van der Waals surface area contributed by atoms with E-state index in [4.69, 9.17) is 19.1 Å². The van der Waals surface area contributed by atoms with Gasteiger partial charge in [0.2, 0.25) is 0 Å². The lowest BCUT2D eigenvalue weighted by Gasteiger charge is -2.19. The highest BCUT2D eigenvalue weighted by Crippen LogP contribution is 2.40. The van der Waals surface area contributed by atoms with E-state index in [1.54, 1.807) is 7.11 Å². The van der Waals surface area contributed by atoms with Crippen LogP contribution in [-0.2, 0) is 4.65 Å². The van der Waals surface area contributed by atoms with Gasteiger partial charge in [0.05, 0.1) is 18.9 Å². The molecule has 0 spiro atoms. The lowest BCUT2D eigenvalue weighted by atomic mass is 9.81. The summed E-state index contributed by atoms with van der Waals surface area (Å²) in [5, 5.41) is 19.5.